The van der Waals surface area contributed by atoms with E-state index in [0.29, 0.717) is 18.1 Å². The summed E-state index contributed by atoms with van der Waals surface area (Å²) in [4.78, 5) is 14.3. The van der Waals surface area contributed by atoms with Crippen LogP contribution in [0.4, 0.5) is 0 Å². The number of hydrogen-bond donors (Lipinski definition) is 1. The van der Waals surface area contributed by atoms with Crippen LogP contribution in [0.3, 0.4) is 0 Å². The summed E-state index contributed by atoms with van der Waals surface area (Å²) in [5.74, 6) is 1.05. The van der Waals surface area contributed by atoms with Crippen LogP contribution >= 0.6 is 11.6 Å². The molecule has 2 aromatic carbocycles. The molecule has 0 bridgehead atoms. The summed E-state index contributed by atoms with van der Waals surface area (Å²) < 4.78 is 32.2. The van der Waals surface area contributed by atoms with Crippen molar-refractivity contribution in [3.63, 3.8) is 0 Å². The number of nitrogens with zero attached hydrogens (tertiary/aromatic N) is 1. The zero-order valence-corrected chi connectivity index (χ0v) is 17.2. The number of ether oxygens (including phenoxy) is 1. The number of sulfonamides is 1. The molecule has 1 atom stereocenters. The lowest BCUT2D eigenvalue weighted by Crippen LogP contribution is -2.33. The van der Waals surface area contributed by atoms with Gasteiger partial charge in [0.05, 0.1) is 12.0 Å². The van der Waals surface area contributed by atoms with Crippen LogP contribution in [-0.2, 0) is 14.8 Å². The molecule has 6 nitrogen and oxygen atoms in total. The Morgan fingerprint density at radius 2 is 2.00 bits per heavy atom. The summed E-state index contributed by atoms with van der Waals surface area (Å²) >= 11 is 5.84. The first kappa shape index (κ1) is 20.6. The Kier molecular flexibility index (Phi) is 6.59. The van der Waals surface area contributed by atoms with Crippen LogP contribution in [-0.4, -0.2) is 46.0 Å². The van der Waals surface area contributed by atoms with Gasteiger partial charge in [-0.2, -0.15) is 0 Å². The molecule has 1 fully saturated rings. The van der Waals surface area contributed by atoms with E-state index in [2.05, 4.69) is 4.72 Å². The lowest BCUT2D eigenvalue weighted by atomic mass is 9.98. The second kappa shape index (κ2) is 8.94. The second-order valence-electron chi connectivity index (χ2n) is 6.70. The van der Waals surface area contributed by atoms with E-state index in [-0.39, 0.29) is 29.7 Å². The molecular weight excluding hydrogens is 400 g/mol. The fourth-order valence-corrected chi connectivity index (χ4v) is 4.64. The molecule has 3 rings (SSSR count). The monoisotopic (exact) mass is 422 g/mol. The first-order valence-corrected chi connectivity index (χ1v) is 10.9. The van der Waals surface area contributed by atoms with E-state index in [1.807, 2.05) is 24.3 Å². The summed E-state index contributed by atoms with van der Waals surface area (Å²) in [6.45, 7) is 1.38. The number of likely N-dealkylation sites (tertiary alicyclic amines) is 1. The summed E-state index contributed by atoms with van der Waals surface area (Å²) in [6.07, 6.45) is 1.02. The second-order valence-corrected chi connectivity index (χ2v) is 8.91. The normalized spacial score (nSPS) is 16.9. The van der Waals surface area contributed by atoms with Crippen LogP contribution in [0, 0.1) is 0 Å². The number of rotatable bonds is 7. The Morgan fingerprint density at radius 3 is 2.68 bits per heavy atom. The molecule has 1 aliphatic rings. The highest BCUT2D eigenvalue weighted by molar-refractivity contribution is 7.89. The number of nitrogens with one attached hydrogen (secondary N) is 1. The number of methoxy groups -OCH3 is 1. The van der Waals surface area contributed by atoms with Crippen molar-refractivity contribution in [3.8, 4) is 5.75 Å². The first-order chi connectivity index (χ1) is 13.4. The van der Waals surface area contributed by atoms with Gasteiger partial charge in [-0.05, 0) is 42.3 Å². The fourth-order valence-electron chi connectivity index (χ4n) is 3.30. The molecular formula is C20H23ClN2O4S. The van der Waals surface area contributed by atoms with Gasteiger partial charge < -0.3 is 9.64 Å². The molecule has 0 aliphatic carbocycles. The van der Waals surface area contributed by atoms with Crippen LogP contribution in [0.2, 0.25) is 5.02 Å². The van der Waals surface area contributed by atoms with Gasteiger partial charge >= 0.3 is 0 Å². The third kappa shape index (κ3) is 5.04. The Labute approximate surface area is 170 Å². The minimum atomic E-state index is -3.68. The number of benzene rings is 2. The molecule has 150 valence electrons. The molecule has 0 saturated carbocycles. The molecule has 28 heavy (non-hydrogen) atoms. The van der Waals surface area contributed by atoms with Gasteiger partial charge in [-0.3, -0.25) is 4.79 Å². The van der Waals surface area contributed by atoms with E-state index in [0.717, 1.165) is 12.2 Å². The van der Waals surface area contributed by atoms with Crippen molar-refractivity contribution in [1.29, 1.82) is 0 Å². The van der Waals surface area contributed by atoms with Crippen molar-refractivity contribution in [2.24, 2.45) is 0 Å². The standard InChI is InChI=1S/C20H23ClN2O4S/c1-27-18-7-5-15(6-8-18)16-10-12-23(14-16)20(24)9-11-22-28(25,26)19-4-2-3-17(21)13-19/h2-8,13,16,22H,9-12,14H2,1H3. The van der Waals surface area contributed by atoms with E-state index in [9.17, 15) is 13.2 Å². The van der Waals surface area contributed by atoms with Gasteiger partial charge in [-0.15, -0.1) is 0 Å². The van der Waals surface area contributed by atoms with Gasteiger partial charge in [0.1, 0.15) is 5.75 Å². The number of amides is 1. The smallest absolute Gasteiger partial charge is 0.240 e. The predicted octanol–water partition coefficient (Wildman–Crippen LogP) is 3.03. The van der Waals surface area contributed by atoms with E-state index in [1.165, 1.54) is 17.7 Å². The number of halogens is 1. The van der Waals surface area contributed by atoms with Crippen LogP contribution < -0.4 is 9.46 Å². The van der Waals surface area contributed by atoms with Crippen molar-refractivity contribution in [1.82, 2.24) is 9.62 Å². The molecule has 0 spiro atoms. The van der Waals surface area contributed by atoms with E-state index < -0.39 is 10.0 Å². The topological polar surface area (TPSA) is 75.7 Å². The Balaban J connectivity index is 1.50. The van der Waals surface area contributed by atoms with Crippen molar-refractivity contribution < 1.29 is 17.9 Å². The zero-order chi connectivity index (χ0) is 20.1. The molecule has 1 heterocycles. The van der Waals surface area contributed by atoms with Crippen molar-refractivity contribution in [2.45, 2.75) is 23.7 Å². The van der Waals surface area contributed by atoms with Gasteiger partial charge in [0.15, 0.2) is 0 Å². The Morgan fingerprint density at radius 1 is 1.25 bits per heavy atom. The number of carbonyl (C=O) groups is 1. The average Bonchev–Trinajstić information content (AvgIpc) is 3.18. The quantitative estimate of drug-likeness (QED) is 0.744. The fraction of sp³-hybridized carbons (Fsp3) is 0.350. The highest BCUT2D eigenvalue weighted by Gasteiger charge is 2.27. The van der Waals surface area contributed by atoms with Gasteiger partial charge in [0, 0.05) is 37.0 Å². The largest absolute Gasteiger partial charge is 0.497 e. The maximum Gasteiger partial charge on any atom is 0.240 e. The highest BCUT2D eigenvalue weighted by Crippen LogP contribution is 2.28. The van der Waals surface area contributed by atoms with Crippen LogP contribution in [0.15, 0.2) is 53.4 Å². The summed E-state index contributed by atoms with van der Waals surface area (Å²) in [6, 6.07) is 13.9. The summed E-state index contributed by atoms with van der Waals surface area (Å²) in [7, 11) is -2.05. The van der Waals surface area contributed by atoms with Crippen molar-refractivity contribution >= 4 is 27.5 Å². The zero-order valence-electron chi connectivity index (χ0n) is 15.6. The number of hydrogen-bond acceptors (Lipinski definition) is 4. The van der Waals surface area contributed by atoms with Crippen molar-refractivity contribution in [2.75, 3.05) is 26.7 Å². The SMILES string of the molecule is COc1ccc(C2CCN(C(=O)CCNS(=O)(=O)c3cccc(Cl)c3)C2)cc1. The summed E-state index contributed by atoms with van der Waals surface area (Å²) in [5, 5.41) is 0.348. The van der Waals surface area contributed by atoms with Crippen LogP contribution in [0.1, 0.15) is 24.3 Å². The Hall–Kier alpha value is -2.09. The maximum atomic E-state index is 12.4. The molecule has 1 aliphatic heterocycles. The first-order valence-electron chi connectivity index (χ1n) is 9.06. The van der Waals surface area contributed by atoms with E-state index in [4.69, 9.17) is 16.3 Å². The molecule has 0 aromatic heterocycles. The van der Waals surface area contributed by atoms with Crippen molar-refractivity contribution in [3.05, 3.63) is 59.1 Å². The Bertz CT molecular complexity index is 931. The molecule has 8 heteroatoms. The van der Waals surface area contributed by atoms with Gasteiger partial charge in [-0.25, -0.2) is 13.1 Å². The average molecular weight is 423 g/mol. The maximum absolute atomic E-state index is 12.4. The third-order valence-corrected chi connectivity index (χ3v) is 6.56. The lowest BCUT2D eigenvalue weighted by molar-refractivity contribution is -0.130. The third-order valence-electron chi connectivity index (χ3n) is 4.87. The lowest BCUT2D eigenvalue weighted by Gasteiger charge is -2.17. The molecule has 0 radical (unpaired) electrons. The summed E-state index contributed by atoms with van der Waals surface area (Å²) in [5.41, 5.74) is 1.18. The van der Waals surface area contributed by atoms with E-state index >= 15 is 0 Å². The highest BCUT2D eigenvalue weighted by atomic mass is 35.5. The van der Waals surface area contributed by atoms with Crippen LogP contribution in [0.25, 0.3) is 0 Å². The van der Waals surface area contributed by atoms with Gasteiger partial charge in [0.25, 0.3) is 0 Å². The molecule has 2 aromatic rings. The van der Waals surface area contributed by atoms with Gasteiger partial charge in [-0.1, -0.05) is 29.8 Å². The van der Waals surface area contributed by atoms with E-state index in [1.54, 1.807) is 24.1 Å². The van der Waals surface area contributed by atoms with Crippen LogP contribution in [0.5, 0.6) is 5.75 Å². The minimum Gasteiger partial charge on any atom is -0.497 e. The minimum absolute atomic E-state index is 0.0511. The predicted molar refractivity (Wildman–Crippen MR) is 108 cm³/mol. The van der Waals surface area contributed by atoms with Gasteiger partial charge in [0.2, 0.25) is 15.9 Å². The molecule has 1 N–H and O–H groups in total. The molecule has 1 saturated heterocycles. The molecule has 1 amide bonds. The molecule has 1 unspecified atom stereocenters. The number of carbonyl (C=O) groups excluding carboxylic acids is 1.